The van der Waals surface area contributed by atoms with Gasteiger partial charge in [-0.3, -0.25) is 9.78 Å². The summed E-state index contributed by atoms with van der Waals surface area (Å²) in [6.07, 6.45) is 1.76. The van der Waals surface area contributed by atoms with Crippen LogP contribution in [0.3, 0.4) is 0 Å². The van der Waals surface area contributed by atoms with Crippen molar-refractivity contribution in [3.63, 3.8) is 0 Å². The second-order valence-electron chi connectivity index (χ2n) is 9.02. The average molecular weight is 584 g/mol. The summed E-state index contributed by atoms with van der Waals surface area (Å²) < 4.78 is 6.36. The summed E-state index contributed by atoms with van der Waals surface area (Å²) in [5.74, 6) is 0.452. The van der Waals surface area contributed by atoms with E-state index in [0.717, 1.165) is 27.1 Å². The van der Waals surface area contributed by atoms with E-state index in [0.29, 0.717) is 20.8 Å². The molecular formula is C28H24Cl2N4O2S2. The molecule has 2 N–H and O–H groups in total. The number of nitrogens with one attached hydrogen (secondary N) is 2. The van der Waals surface area contributed by atoms with Gasteiger partial charge in [-0.1, -0.05) is 54.9 Å². The summed E-state index contributed by atoms with van der Waals surface area (Å²) in [5, 5.41) is 8.64. The zero-order valence-corrected chi connectivity index (χ0v) is 23.7. The van der Waals surface area contributed by atoms with Crippen molar-refractivity contribution in [2.75, 3.05) is 10.2 Å². The molecule has 1 fully saturated rings. The molecule has 38 heavy (non-hydrogen) atoms. The zero-order chi connectivity index (χ0) is 26.8. The summed E-state index contributed by atoms with van der Waals surface area (Å²) in [6.45, 7) is 3.66. The van der Waals surface area contributed by atoms with Gasteiger partial charge < -0.3 is 20.0 Å². The maximum atomic E-state index is 12.2. The number of nitrogens with zero attached hydrogens (tertiary/aromatic N) is 2. The highest BCUT2D eigenvalue weighted by Gasteiger charge is 2.42. The van der Waals surface area contributed by atoms with Crippen LogP contribution in [0.2, 0.25) is 10.0 Å². The van der Waals surface area contributed by atoms with E-state index < -0.39 is 0 Å². The molecular weight excluding hydrogens is 559 g/mol. The van der Waals surface area contributed by atoms with Crippen molar-refractivity contribution >= 4 is 69.6 Å². The van der Waals surface area contributed by atoms with E-state index in [4.69, 9.17) is 39.8 Å². The molecule has 0 bridgehead atoms. The van der Waals surface area contributed by atoms with Gasteiger partial charge in [0.2, 0.25) is 5.91 Å². The smallest absolute Gasteiger partial charge is 0.226 e. The zero-order valence-electron chi connectivity index (χ0n) is 20.5. The Morgan fingerprint density at radius 2 is 1.89 bits per heavy atom. The van der Waals surface area contributed by atoms with Gasteiger partial charge in [-0.2, -0.15) is 0 Å². The van der Waals surface area contributed by atoms with Crippen molar-refractivity contribution < 1.29 is 9.21 Å². The van der Waals surface area contributed by atoms with Crippen LogP contribution < -0.4 is 15.5 Å². The van der Waals surface area contributed by atoms with Crippen LogP contribution in [-0.2, 0) is 4.79 Å². The quantitative estimate of drug-likeness (QED) is 0.214. The Morgan fingerprint density at radius 1 is 1.11 bits per heavy atom. The first-order valence-corrected chi connectivity index (χ1v) is 13.9. The largest absolute Gasteiger partial charge is 0.452 e. The minimum atomic E-state index is -0.330. The molecule has 1 aliphatic rings. The molecule has 1 saturated heterocycles. The van der Waals surface area contributed by atoms with Crippen molar-refractivity contribution in [2.45, 2.75) is 35.9 Å². The summed E-state index contributed by atoms with van der Waals surface area (Å²) in [7, 11) is 0. The number of hydrogen-bond acceptors (Lipinski definition) is 5. The molecule has 10 heteroatoms. The fourth-order valence-corrected chi connectivity index (χ4v) is 5.59. The second kappa shape index (κ2) is 11.4. The van der Waals surface area contributed by atoms with Crippen LogP contribution in [0.4, 0.5) is 11.4 Å². The maximum Gasteiger partial charge on any atom is 0.226 e. The third-order valence-corrected chi connectivity index (χ3v) is 7.84. The van der Waals surface area contributed by atoms with Gasteiger partial charge in [-0.05, 0) is 78.9 Å². The average Bonchev–Trinajstić information content (AvgIpc) is 3.51. The Morgan fingerprint density at radius 3 is 2.58 bits per heavy atom. The van der Waals surface area contributed by atoms with Crippen LogP contribution in [0.25, 0.3) is 0 Å². The molecule has 0 radical (unpaired) electrons. The van der Waals surface area contributed by atoms with Crippen LogP contribution in [0.15, 0.2) is 93.4 Å². The van der Waals surface area contributed by atoms with E-state index in [2.05, 4.69) is 15.6 Å². The molecule has 5 rings (SSSR count). The van der Waals surface area contributed by atoms with Crippen LogP contribution in [-0.4, -0.2) is 16.0 Å². The first-order chi connectivity index (χ1) is 18.3. The number of carbonyl (C=O) groups is 1. The number of amides is 1. The third-order valence-electron chi connectivity index (χ3n) is 6.04. The number of thiocarbonyl (C=S) groups is 1. The minimum absolute atomic E-state index is 0.104. The first-order valence-electron chi connectivity index (χ1n) is 11.9. The number of carbonyl (C=O) groups excluding carboxylic acids is 1. The number of aromatic nitrogens is 1. The van der Waals surface area contributed by atoms with E-state index in [1.807, 2.05) is 79.4 Å². The van der Waals surface area contributed by atoms with Gasteiger partial charge in [0.15, 0.2) is 10.2 Å². The van der Waals surface area contributed by atoms with Crippen molar-refractivity contribution in [2.24, 2.45) is 5.92 Å². The fraction of sp³-hybridized carbons (Fsp3) is 0.179. The van der Waals surface area contributed by atoms with Crippen LogP contribution in [0.1, 0.15) is 37.4 Å². The molecule has 2 aromatic carbocycles. The lowest BCUT2D eigenvalue weighted by Gasteiger charge is -2.26. The van der Waals surface area contributed by atoms with Gasteiger partial charge in [0.25, 0.3) is 0 Å². The monoisotopic (exact) mass is 582 g/mol. The topological polar surface area (TPSA) is 70.4 Å². The highest BCUT2D eigenvalue weighted by molar-refractivity contribution is 7.99. The summed E-state index contributed by atoms with van der Waals surface area (Å²) in [5.41, 5.74) is 2.14. The van der Waals surface area contributed by atoms with Gasteiger partial charge in [0.05, 0.1) is 22.4 Å². The normalized spacial score (nSPS) is 17.1. The van der Waals surface area contributed by atoms with Gasteiger partial charge in [-0.15, -0.1) is 0 Å². The number of benzene rings is 2. The van der Waals surface area contributed by atoms with Crippen molar-refractivity contribution in [3.05, 3.63) is 100 Å². The van der Waals surface area contributed by atoms with Crippen molar-refractivity contribution in [1.82, 2.24) is 10.3 Å². The molecule has 2 unspecified atom stereocenters. The van der Waals surface area contributed by atoms with E-state index in [9.17, 15) is 4.79 Å². The molecule has 2 atom stereocenters. The molecule has 2 aromatic heterocycles. The summed E-state index contributed by atoms with van der Waals surface area (Å²) in [4.78, 5) is 19.8. The van der Waals surface area contributed by atoms with Gasteiger partial charge >= 0.3 is 0 Å². The fourth-order valence-electron chi connectivity index (χ4n) is 4.12. The third kappa shape index (κ3) is 5.68. The Balaban J connectivity index is 1.49. The second-order valence-corrected chi connectivity index (χ2v) is 11.3. The highest BCUT2D eigenvalue weighted by atomic mass is 35.5. The molecule has 0 saturated carbocycles. The molecule has 4 aromatic rings. The lowest BCUT2D eigenvalue weighted by molar-refractivity contribution is -0.118. The number of anilines is 2. The Bertz CT molecular complexity index is 1460. The van der Waals surface area contributed by atoms with Gasteiger partial charge in [0.1, 0.15) is 11.8 Å². The Labute approximate surface area is 240 Å². The number of rotatable bonds is 7. The van der Waals surface area contributed by atoms with Gasteiger partial charge in [0, 0.05) is 27.7 Å². The van der Waals surface area contributed by atoms with Gasteiger partial charge in [-0.25, -0.2) is 0 Å². The molecule has 1 aliphatic heterocycles. The predicted molar refractivity (Wildman–Crippen MR) is 157 cm³/mol. The molecule has 194 valence electrons. The molecule has 3 heterocycles. The minimum Gasteiger partial charge on any atom is -0.452 e. The lowest BCUT2D eigenvalue weighted by atomic mass is 10.0. The highest BCUT2D eigenvalue weighted by Crippen LogP contribution is 2.44. The van der Waals surface area contributed by atoms with E-state index >= 15 is 0 Å². The summed E-state index contributed by atoms with van der Waals surface area (Å²) >= 11 is 19.9. The summed E-state index contributed by atoms with van der Waals surface area (Å²) in [6, 6.07) is 22.2. The SMILES string of the molecule is CC(C)C(=O)Nc1ccc(N2C(=S)NC(c3ccccn3)C2c2ccc(Sc3ccc(Cl)cc3)o2)cc1Cl. The lowest BCUT2D eigenvalue weighted by Crippen LogP contribution is -2.29. The first kappa shape index (κ1) is 26.6. The predicted octanol–water partition coefficient (Wildman–Crippen LogP) is 7.90. The van der Waals surface area contributed by atoms with E-state index in [-0.39, 0.29) is 23.9 Å². The molecule has 6 nitrogen and oxygen atoms in total. The molecule has 1 amide bonds. The number of halogens is 2. The number of furan rings is 1. The van der Waals surface area contributed by atoms with E-state index in [1.165, 1.54) is 11.8 Å². The van der Waals surface area contributed by atoms with Crippen molar-refractivity contribution in [1.29, 1.82) is 0 Å². The Kier molecular flexibility index (Phi) is 7.95. The maximum absolute atomic E-state index is 12.2. The number of pyridine rings is 1. The van der Waals surface area contributed by atoms with E-state index in [1.54, 1.807) is 18.3 Å². The molecule has 0 aliphatic carbocycles. The van der Waals surface area contributed by atoms with Crippen molar-refractivity contribution in [3.8, 4) is 0 Å². The number of hydrogen-bond donors (Lipinski definition) is 2. The molecule has 0 spiro atoms. The van der Waals surface area contributed by atoms with Crippen LogP contribution in [0, 0.1) is 5.92 Å². The van der Waals surface area contributed by atoms with Crippen LogP contribution in [0.5, 0.6) is 0 Å². The Hall–Kier alpha value is -3.04. The standard InChI is InChI=1S/C28H24Cl2N4O2S2/c1-16(2)27(35)32-21-11-8-18(15-20(21)30)34-26(25(33-28(34)37)22-5-3-4-14-31-22)23-12-13-24(36-23)38-19-9-6-17(29)7-10-19/h3-16,25-26H,1-2H3,(H,32,35)(H,33,37). The van der Waals surface area contributed by atoms with Crippen LogP contribution >= 0.6 is 47.2 Å².